The zero-order chi connectivity index (χ0) is 22.0. The summed E-state index contributed by atoms with van der Waals surface area (Å²) in [6.45, 7) is 0.309. The highest BCUT2D eigenvalue weighted by Crippen LogP contribution is 2.34. The van der Waals surface area contributed by atoms with Gasteiger partial charge in [-0.25, -0.2) is 12.8 Å². The van der Waals surface area contributed by atoms with Crippen LogP contribution in [0.4, 0.5) is 15.8 Å². The Bertz CT molecular complexity index is 1230. The number of nitrogens with zero attached hydrogens (tertiary/aromatic N) is 1. The fourth-order valence-electron chi connectivity index (χ4n) is 3.62. The Hall–Kier alpha value is -2.90. The number of hydrogen-bond donors (Lipinski definition) is 1. The molecular weight excluding hydrogens is 439 g/mol. The van der Waals surface area contributed by atoms with Crippen LogP contribution in [0, 0.1) is 5.82 Å². The maximum absolute atomic E-state index is 13.3. The van der Waals surface area contributed by atoms with E-state index in [2.05, 4.69) is 5.32 Å². The minimum absolute atomic E-state index is 0.0231. The lowest BCUT2D eigenvalue weighted by Gasteiger charge is -2.31. The molecule has 0 saturated heterocycles. The SMILES string of the molecule is O=C(Cc1ccccc1Cl)Nc1ccc2c(c1)N(S(=O)(=O)c1ccc(F)cc1)CCC2. The van der Waals surface area contributed by atoms with Gasteiger partial charge in [-0.1, -0.05) is 35.9 Å². The Kier molecular flexibility index (Phi) is 5.98. The highest BCUT2D eigenvalue weighted by atomic mass is 35.5. The summed E-state index contributed by atoms with van der Waals surface area (Å²) in [6, 6.07) is 17.1. The molecule has 3 aromatic rings. The normalized spacial score (nSPS) is 13.5. The quantitative estimate of drug-likeness (QED) is 0.597. The van der Waals surface area contributed by atoms with E-state index in [9.17, 15) is 17.6 Å². The maximum atomic E-state index is 13.3. The average Bonchev–Trinajstić information content (AvgIpc) is 2.75. The monoisotopic (exact) mass is 458 g/mol. The Morgan fingerprint density at radius 2 is 1.81 bits per heavy atom. The third-order valence-electron chi connectivity index (χ3n) is 5.16. The van der Waals surface area contributed by atoms with Crippen molar-refractivity contribution in [3.8, 4) is 0 Å². The van der Waals surface area contributed by atoms with Crippen molar-refractivity contribution in [2.75, 3.05) is 16.2 Å². The number of carbonyl (C=O) groups is 1. The van der Waals surface area contributed by atoms with Crippen LogP contribution >= 0.6 is 11.6 Å². The van der Waals surface area contributed by atoms with Crippen LogP contribution in [0.2, 0.25) is 5.02 Å². The predicted molar refractivity (Wildman–Crippen MR) is 119 cm³/mol. The number of hydrogen-bond acceptors (Lipinski definition) is 3. The van der Waals surface area contributed by atoms with Crippen LogP contribution in [0.15, 0.2) is 71.6 Å². The Morgan fingerprint density at radius 1 is 1.06 bits per heavy atom. The predicted octanol–water partition coefficient (Wildman–Crippen LogP) is 4.80. The van der Waals surface area contributed by atoms with Gasteiger partial charge in [-0.2, -0.15) is 0 Å². The first-order valence-corrected chi connectivity index (χ1v) is 11.6. The van der Waals surface area contributed by atoms with Crippen molar-refractivity contribution in [3.05, 3.63) is 88.7 Å². The molecule has 8 heteroatoms. The van der Waals surface area contributed by atoms with Crippen molar-refractivity contribution in [1.29, 1.82) is 0 Å². The number of halogens is 2. The lowest BCUT2D eigenvalue weighted by molar-refractivity contribution is -0.115. The Balaban J connectivity index is 1.60. The van der Waals surface area contributed by atoms with Crippen LogP contribution in [0.25, 0.3) is 0 Å². The number of aryl methyl sites for hydroxylation is 1. The van der Waals surface area contributed by atoms with Crippen molar-refractivity contribution in [2.24, 2.45) is 0 Å². The zero-order valence-electron chi connectivity index (χ0n) is 16.5. The summed E-state index contributed by atoms with van der Waals surface area (Å²) in [5, 5.41) is 3.33. The molecule has 1 N–H and O–H groups in total. The number of nitrogens with one attached hydrogen (secondary N) is 1. The van der Waals surface area contributed by atoms with Gasteiger partial charge in [-0.05, 0) is 66.4 Å². The summed E-state index contributed by atoms with van der Waals surface area (Å²) in [5.74, 6) is -0.752. The van der Waals surface area contributed by atoms with Crippen molar-refractivity contribution in [1.82, 2.24) is 0 Å². The molecule has 0 aliphatic carbocycles. The molecule has 1 aliphatic rings. The van der Waals surface area contributed by atoms with Gasteiger partial charge in [0.05, 0.1) is 17.0 Å². The van der Waals surface area contributed by atoms with E-state index in [0.717, 1.165) is 24.1 Å². The first-order valence-electron chi connectivity index (χ1n) is 9.79. The van der Waals surface area contributed by atoms with Gasteiger partial charge in [0.1, 0.15) is 5.82 Å². The molecule has 0 bridgehead atoms. The minimum atomic E-state index is -3.86. The molecule has 0 spiro atoms. The maximum Gasteiger partial charge on any atom is 0.264 e. The van der Waals surface area contributed by atoms with Crippen LogP contribution in [0.3, 0.4) is 0 Å². The molecule has 0 saturated carbocycles. The smallest absolute Gasteiger partial charge is 0.264 e. The van der Waals surface area contributed by atoms with Gasteiger partial charge < -0.3 is 5.32 Å². The molecule has 0 atom stereocenters. The fourth-order valence-corrected chi connectivity index (χ4v) is 5.36. The molecule has 0 aromatic heterocycles. The molecule has 1 amide bonds. The largest absolute Gasteiger partial charge is 0.326 e. The van der Waals surface area contributed by atoms with E-state index in [1.54, 1.807) is 30.3 Å². The van der Waals surface area contributed by atoms with Gasteiger partial charge in [0, 0.05) is 17.3 Å². The first-order chi connectivity index (χ1) is 14.8. The fraction of sp³-hybridized carbons (Fsp3) is 0.174. The average molecular weight is 459 g/mol. The summed E-state index contributed by atoms with van der Waals surface area (Å²) in [5.41, 5.74) is 2.60. The highest BCUT2D eigenvalue weighted by molar-refractivity contribution is 7.92. The summed E-state index contributed by atoms with van der Waals surface area (Å²) in [4.78, 5) is 12.5. The van der Waals surface area contributed by atoms with Gasteiger partial charge in [0.2, 0.25) is 5.91 Å². The second-order valence-electron chi connectivity index (χ2n) is 7.29. The number of carbonyl (C=O) groups excluding carboxylic acids is 1. The minimum Gasteiger partial charge on any atom is -0.326 e. The molecule has 4 rings (SSSR count). The van der Waals surface area contributed by atoms with E-state index in [0.29, 0.717) is 34.9 Å². The second-order valence-corrected chi connectivity index (χ2v) is 9.56. The van der Waals surface area contributed by atoms with Crippen LogP contribution < -0.4 is 9.62 Å². The van der Waals surface area contributed by atoms with Crippen LogP contribution in [0.1, 0.15) is 17.5 Å². The van der Waals surface area contributed by atoms with E-state index in [-0.39, 0.29) is 17.2 Å². The van der Waals surface area contributed by atoms with Crippen molar-refractivity contribution in [2.45, 2.75) is 24.2 Å². The molecule has 0 fully saturated rings. The molecule has 31 heavy (non-hydrogen) atoms. The van der Waals surface area contributed by atoms with E-state index in [1.807, 2.05) is 12.1 Å². The van der Waals surface area contributed by atoms with E-state index in [4.69, 9.17) is 11.6 Å². The zero-order valence-corrected chi connectivity index (χ0v) is 18.1. The standard InChI is InChI=1S/C23H20ClFN2O3S/c24-21-6-2-1-4-17(21)14-23(28)26-19-10-7-16-5-3-13-27(22(16)15-19)31(29,30)20-11-8-18(25)9-12-20/h1-2,4,6-12,15H,3,5,13-14H2,(H,26,28). The molecule has 0 radical (unpaired) electrons. The van der Waals surface area contributed by atoms with Crippen LogP contribution in [0.5, 0.6) is 0 Å². The number of anilines is 2. The first kappa shape index (κ1) is 21.3. The van der Waals surface area contributed by atoms with E-state index in [1.165, 1.54) is 16.4 Å². The van der Waals surface area contributed by atoms with Gasteiger partial charge in [0.25, 0.3) is 10.0 Å². The van der Waals surface area contributed by atoms with Crippen molar-refractivity contribution < 1.29 is 17.6 Å². The number of sulfonamides is 1. The lowest BCUT2D eigenvalue weighted by atomic mass is 10.0. The van der Waals surface area contributed by atoms with Gasteiger partial charge >= 0.3 is 0 Å². The molecule has 160 valence electrons. The molecule has 3 aromatic carbocycles. The third kappa shape index (κ3) is 4.57. The molecule has 1 heterocycles. The Morgan fingerprint density at radius 3 is 2.55 bits per heavy atom. The second kappa shape index (κ2) is 8.69. The number of amides is 1. The molecular formula is C23H20ClFN2O3S. The molecule has 1 aliphatic heterocycles. The van der Waals surface area contributed by atoms with E-state index >= 15 is 0 Å². The summed E-state index contributed by atoms with van der Waals surface area (Å²) in [7, 11) is -3.86. The van der Waals surface area contributed by atoms with Crippen LogP contribution in [-0.2, 0) is 27.7 Å². The van der Waals surface area contributed by atoms with E-state index < -0.39 is 15.8 Å². The number of benzene rings is 3. The summed E-state index contributed by atoms with van der Waals surface area (Å²) < 4.78 is 40.9. The number of rotatable bonds is 5. The lowest BCUT2D eigenvalue weighted by Crippen LogP contribution is -2.35. The van der Waals surface area contributed by atoms with Crippen molar-refractivity contribution in [3.63, 3.8) is 0 Å². The highest BCUT2D eigenvalue weighted by Gasteiger charge is 2.29. The Labute approximate surface area is 185 Å². The topological polar surface area (TPSA) is 66.5 Å². The molecule has 5 nitrogen and oxygen atoms in total. The van der Waals surface area contributed by atoms with Gasteiger partial charge in [-0.15, -0.1) is 0 Å². The number of fused-ring (bicyclic) bond motifs is 1. The van der Waals surface area contributed by atoms with Crippen molar-refractivity contribution >= 4 is 38.9 Å². The third-order valence-corrected chi connectivity index (χ3v) is 7.35. The van der Waals surface area contributed by atoms with Gasteiger partial charge in [-0.3, -0.25) is 9.10 Å². The summed E-state index contributed by atoms with van der Waals surface area (Å²) >= 11 is 6.13. The van der Waals surface area contributed by atoms with Crippen LogP contribution in [-0.4, -0.2) is 20.9 Å². The summed E-state index contributed by atoms with van der Waals surface area (Å²) in [6.07, 6.45) is 1.51. The van der Waals surface area contributed by atoms with Gasteiger partial charge in [0.15, 0.2) is 0 Å². The molecule has 0 unspecified atom stereocenters.